The van der Waals surface area contributed by atoms with Crippen LogP contribution in [-0.2, 0) is 4.79 Å². The molecule has 0 bridgehead atoms. The lowest BCUT2D eigenvalue weighted by molar-refractivity contribution is -0.117. The first-order valence-corrected chi connectivity index (χ1v) is 8.02. The molecule has 0 saturated carbocycles. The van der Waals surface area contributed by atoms with E-state index in [0.29, 0.717) is 35.1 Å². The maximum atomic E-state index is 12.2. The number of nitrogens with one attached hydrogen (secondary N) is 1. The molecule has 0 spiro atoms. The number of carbonyl (C=O) groups is 1. The van der Waals surface area contributed by atoms with Crippen molar-refractivity contribution < 1.29 is 4.79 Å². The average molecular weight is 327 g/mol. The lowest BCUT2D eigenvalue weighted by Crippen LogP contribution is -2.23. The van der Waals surface area contributed by atoms with Crippen LogP contribution < -0.4 is 11.1 Å². The molecular formula is C14H19ClN4OS. The molecule has 0 radical (unpaired) electrons. The number of fused-ring (bicyclic) bond motifs is 1. The van der Waals surface area contributed by atoms with E-state index in [-0.39, 0.29) is 11.8 Å². The van der Waals surface area contributed by atoms with E-state index in [9.17, 15) is 4.79 Å². The highest BCUT2D eigenvalue weighted by atomic mass is 35.5. The molecule has 114 valence electrons. The van der Waals surface area contributed by atoms with Gasteiger partial charge in [0, 0.05) is 6.42 Å². The van der Waals surface area contributed by atoms with Crippen molar-refractivity contribution in [1.82, 2.24) is 8.75 Å². The Morgan fingerprint density at radius 2 is 2.19 bits per heavy atom. The van der Waals surface area contributed by atoms with Gasteiger partial charge in [0.1, 0.15) is 11.0 Å². The first-order valence-electron chi connectivity index (χ1n) is 6.92. The Bertz CT molecular complexity index is 628. The standard InChI is InChI=1S/C14H19ClN4OS/c1-8(2)5-9(7-16)6-12(20)17-13-10(15)3-4-11-14(13)19-21-18-11/h3-4,8-9H,5-7,16H2,1-2H3,(H,17,20). The van der Waals surface area contributed by atoms with E-state index in [1.54, 1.807) is 12.1 Å². The molecule has 5 nitrogen and oxygen atoms in total. The second-order valence-corrected chi connectivity index (χ2v) is 6.47. The van der Waals surface area contributed by atoms with Crippen LogP contribution in [0.5, 0.6) is 0 Å². The summed E-state index contributed by atoms with van der Waals surface area (Å²) in [7, 11) is 0. The summed E-state index contributed by atoms with van der Waals surface area (Å²) < 4.78 is 8.33. The van der Waals surface area contributed by atoms with E-state index in [1.807, 2.05) is 0 Å². The molecule has 0 aliphatic carbocycles. The van der Waals surface area contributed by atoms with Gasteiger partial charge in [-0.15, -0.1) is 0 Å². The van der Waals surface area contributed by atoms with Gasteiger partial charge in [-0.2, -0.15) is 8.75 Å². The van der Waals surface area contributed by atoms with Crippen molar-refractivity contribution in [3.05, 3.63) is 17.2 Å². The Morgan fingerprint density at radius 1 is 1.43 bits per heavy atom. The van der Waals surface area contributed by atoms with Crippen molar-refractivity contribution in [2.45, 2.75) is 26.7 Å². The van der Waals surface area contributed by atoms with Gasteiger partial charge in [-0.25, -0.2) is 0 Å². The van der Waals surface area contributed by atoms with E-state index < -0.39 is 0 Å². The predicted molar refractivity (Wildman–Crippen MR) is 87.7 cm³/mol. The maximum Gasteiger partial charge on any atom is 0.224 e. The number of amides is 1. The van der Waals surface area contributed by atoms with E-state index >= 15 is 0 Å². The molecule has 1 amide bonds. The smallest absolute Gasteiger partial charge is 0.224 e. The van der Waals surface area contributed by atoms with Crippen LogP contribution in [0.15, 0.2) is 12.1 Å². The molecule has 1 unspecified atom stereocenters. The highest BCUT2D eigenvalue weighted by molar-refractivity contribution is 7.00. The lowest BCUT2D eigenvalue weighted by atomic mass is 9.94. The van der Waals surface area contributed by atoms with Gasteiger partial charge in [-0.05, 0) is 36.9 Å². The molecule has 2 rings (SSSR count). The van der Waals surface area contributed by atoms with Crippen molar-refractivity contribution in [2.75, 3.05) is 11.9 Å². The molecule has 1 heterocycles. The fourth-order valence-electron chi connectivity index (χ4n) is 2.33. The van der Waals surface area contributed by atoms with Crippen molar-refractivity contribution in [3.8, 4) is 0 Å². The second-order valence-electron chi connectivity index (χ2n) is 5.54. The molecule has 0 fully saturated rings. The van der Waals surface area contributed by atoms with Crippen LogP contribution in [0, 0.1) is 11.8 Å². The van der Waals surface area contributed by atoms with Crippen LogP contribution in [0.1, 0.15) is 26.7 Å². The van der Waals surface area contributed by atoms with Crippen LogP contribution in [0.3, 0.4) is 0 Å². The zero-order chi connectivity index (χ0) is 15.4. The summed E-state index contributed by atoms with van der Waals surface area (Å²) in [5.41, 5.74) is 7.64. The van der Waals surface area contributed by atoms with Crippen LogP contribution in [-0.4, -0.2) is 21.2 Å². The maximum absolute atomic E-state index is 12.2. The first kappa shape index (κ1) is 16.1. The normalized spacial score (nSPS) is 12.8. The van der Waals surface area contributed by atoms with Crippen LogP contribution in [0.4, 0.5) is 5.69 Å². The molecule has 1 aromatic carbocycles. The molecule has 3 N–H and O–H groups in total. The number of aromatic nitrogens is 2. The number of nitrogens with two attached hydrogens (primary N) is 1. The summed E-state index contributed by atoms with van der Waals surface area (Å²) in [6.45, 7) is 4.75. The molecule has 2 aromatic rings. The monoisotopic (exact) mass is 326 g/mol. The molecule has 0 aliphatic rings. The van der Waals surface area contributed by atoms with Crippen molar-refractivity contribution in [2.24, 2.45) is 17.6 Å². The minimum absolute atomic E-state index is 0.0894. The minimum Gasteiger partial charge on any atom is -0.330 e. The van der Waals surface area contributed by atoms with Gasteiger partial charge in [0.25, 0.3) is 0 Å². The third kappa shape index (κ3) is 4.12. The van der Waals surface area contributed by atoms with Crippen LogP contribution in [0.25, 0.3) is 11.0 Å². The van der Waals surface area contributed by atoms with E-state index in [4.69, 9.17) is 17.3 Å². The van der Waals surface area contributed by atoms with Gasteiger partial charge < -0.3 is 11.1 Å². The summed E-state index contributed by atoms with van der Waals surface area (Å²) in [5, 5.41) is 3.32. The van der Waals surface area contributed by atoms with Gasteiger partial charge in [-0.3, -0.25) is 4.79 Å². The van der Waals surface area contributed by atoms with Crippen molar-refractivity contribution >= 4 is 46.0 Å². The quantitative estimate of drug-likeness (QED) is 0.853. The van der Waals surface area contributed by atoms with Gasteiger partial charge in [0.05, 0.1) is 22.4 Å². The fourth-order valence-corrected chi connectivity index (χ4v) is 3.07. The number of rotatable bonds is 6. The van der Waals surface area contributed by atoms with E-state index in [1.165, 1.54) is 0 Å². The second kappa shape index (κ2) is 7.15. The summed E-state index contributed by atoms with van der Waals surface area (Å²) in [6, 6.07) is 3.51. The highest BCUT2D eigenvalue weighted by Crippen LogP contribution is 2.30. The third-order valence-electron chi connectivity index (χ3n) is 3.25. The number of carbonyl (C=O) groups excluding carboxylic acids is 1. The summed E-state index contributed by atoms with van der Waals surface area (Å²) >= 11 is 7.26. The Morgan fingerprint density at radius 3 is 2.86 bits per heavy atom. The van der Waals surface area contributed by atoms with Crippen molar-refractivity contribution in [1.29, 1.82) is 0 Å². The first-order chi connectivity index (χ1) is 10.0. The van der Waals surface area contributed by atoms with Gasteiger partial charge in [0.2, 0.25) is 5.91 Å². The molecule has 1 atom stereocenters. The average Bonchev–Trinajstić information content (AvgIpc) is 2.89. The van der Waals surface area contributed by atoms with Crippen molar-refractivity contribution in [3.63, 3.8) is 0 Å². The molecule has 21 heavy (non-hydrogen) atoms. The Balaban J connectivity index is 2.10. The fraction of sp³-hybridized carbons (Fsp3) is 0.500. The van der Waals surface area contributed by atoms with Crippen LogP contribution in [0.2, 0.25) is 5.02 Å². The molecule has 7 heteroatoms. The Kier molecular flexibility index (Phi) is 5.50. The summed E-state index contributed by atoms with van der Waals surface area (Å²) in [5.74, 6) is 0.603. The van der Waals surface area contributed by atoms with Gasteiger partial charge in [-0.1, -0.05) is 25.4 Å². The number of anilines is 1. The van der Waals surface area contributed by atoms with Gasteiger partial charge >= 0.3 is 0 Å². The SMILES string of the molecule is CC(C)CC(CN)CC(=O)Nc1c(Cl)ccc2nsnc12. The Labute approximate surface area is 133 Å². The lowest BCUT2D eigenvalue weighted by Gasteiger charge is -2.17. The third-order valence-corrected chi connectivity index (χ3v) is 4.11. The molecular weight excluding hydrogens is 308 g/mol. The number of hydrogen-bond donors (Lipinski definition) is 2. The minimum atomic E-state index is -0.0894. The summed E-state index contributed by atoms with van der Waals surface area (Å²) in [6.07, 6.45) is 1.32. The zero-order valence-electron chi connectivity index (χ0n) is 12.1. The topological polar surface area (TPSA) is 80.9 Å². The number of nitrogens with zero attached hydrogens (tertiary/aromatic N) is 2. The highest BCUT2D eigenvalue weighted by Gasteiger charge is 2.17. The van der Waals surface area contributed by atoms with E-state index in [0.717, 1.165) is 23.7 Å². The molecule has 0 aliphatic heterocycles. The number of halogens is 1. The Hall–Kier alpha value is -1.24. The van der Waals surface area contributed by atoms with Gasteiger partial charge in [0.15, 0.2) is 0 Å². The molecule has 0 saturated heterocycles. The largest absolute Gasteiger partial charge is 0.330 e. The van der Waals surface area contributed by atoms with E-state index in [2.05, 4.69) is 27.9 Å². The van der Waals surface area contributed by atoms with Crippen LogP contribution >= 0.6 is 23.3 Å². The number of hydrogen-bond acceptors (Lipinski definition) is 5. The zero-order valence-corrected chi connectivity index (χ0v) is 13.7. The summed E-state index contributed by atoms with van der Waals surface area (Å²) in [4.78, 5) is 12.2. The molecule has 1 aromatic heterocycles. The number of benzene rings is 1. The predicted octanol–water partition coefficient (Wildman–Crippen LogP) is 3.29.